The zero-order valence-corrected chi connectivity index (χ0v) is 13.4. The molecule has 4 nitrogen and oxygen atoms in total. The van der Waals surface area contributed by atoms with Gasteiger partial charge in [0.25, 0.3) is 0 Å². The van der Waals surface area contributed by atoms with Gasteiger partial charge in [0, 0.05) is 9.75 Å². The number of hydrogen-bond donors (Lipinski definition) is 2. The molecule has 0 radical (unpaired) electrons. The maximum Gasteiger partial charge on any atom is 0.237 e. The molecule has 1 fully saturated rings. The molecule has 0 spiro atoms. The van der Waals surface area contributed by atoms with Crippen LogP contribution in [0, 0.1) is 0 Å². The fourth-order valence-electron chi connectivity index (χ4n) is 2.59. The molecule has 1 aliphatic rings. The van der Waals surface area contributed by atoms with Crippen molar-refractivity contribution in [3.05, 3.63) is 41.3 Å². The molecule has 116 valence electrons. The van der Waals surface area contributed by atoms with Crippen molar-refractivity contribution in [2.75, 3.05) is 13.7 Å². The van der Waals surface area contributed by atoms with Crippen LogP contribution < -0.4 is 15.4 Å². The highest BCUT2D eigenvalue weighted by atomic mass is 32.1. The van der Waals surface area contributed by atoms with E-state index in [1.54, 1.807) is 18.4 Å². The van der Waals surface area contributed by atoms with Crippen molar-refractivity contribution < 1.29 is 9.53 Å². The summed E-state index contributed by atoms with van der Waals surface area (Å²) in [6, 6.07) is 12.2. The lowest BCUT2D eigenvalue weighted by Crippen LogP contribution is -2.39. The minimum absolute atomic E-state index is 0.0129. The minimum Gasteiger partial charge on any atom is -0.497 e. The molecule has 5 heteroatoms. The third-order valence-corrected chi connectivity index (χ3v) is 4.98. The number of benzene rings is 1. The van der Waals surface area contributed by atoms with Crippen molar-refractivity contribution >= 4 is 17.2 Å². The maximum absolute atomic E-state index is 12.0. The fraction of sp³-hybridized carbons (Fsp3) is 0.353. The lowest BCUT2D eigenvalue weighted by Gasteiger charge is -2.09. The smallest absolute Gasteiger partial charge is 0.237 e. The van der Waals surface area contributed by atoms with Gasteiger partial charge in [0.05, 0.1) is 19.7 Å². The summed E-state index contributed by atoms with van der Waals surface area (Å²) in [5.74, 6) is 0.966. The Balaban J connectivity index is 1.59. The number of hydrogen-bond acceptors (Lipinski definition) is 4. The Kier molecular flexibility index (Phi) is 4.75. The summed E-state index contributed by atoms with van der Waals surface area (Å²) < 4.78 is 5.17. The summed E-state index contributed by atoms with van der Waals surface area (Å²) in [4.78, 5) is 14.3. The monoisotopic (exact) mass is 316 g/mol. The van der Waals surface area contributed by atoms with E-state index in [9.17, 15) is 4.79 Å². The van der Waals surface area contributed by atoms with Crippen LogP contribution in [0.15, 0.2) is 36.4 Å². The minimum atomic E-state index is -0.0129. The lowest BCUT2D eigenvalue weighted by molar-refractivity contribution is -0.122. The van der Waals surface area contributed by atoms with E-state index in [2.05, 4.69) is 34.9 Å². The van der Waals surface area contributed by atoms with Crippen molar-refractivity contribution in [2.45, 2.75) is 25.4 Å². The molecule has 22 heavy (non-hydrogen) atoms. The number of thiophene rings is 1. The van der Waals surface area contributed by atoms with E-state index in [4.69, 9.17) is 4.74 Å². The van der Waals surface area contributed by atoms with Crippen molar-refractivity contribution in [2.24, 2.45) is 0 Å². The number of amides is 1. The first-order valence-corrected chi connectivity index (χ1v) is 8.32. The number of carbonyl (C=O) groups excluding carboxylic acids is 1. The molecule has 2 heterocycles. The normalized spacial score (nSPS) is 17.4. The van der Waals surface area contributed by atoms with Gasteiger partial charge >= 0.3 is 0 Å². The van der Waals surface area contributed by atoms with Crippen LogP contribution in [-0.4, -0.2) is 25.6 Å². The van der Waals surface area contributed by atoms with Crippen LogP contribution in [0.4, 0.5) is 0 Å². The molecule has 0 saturated carbocycles. The van der Waals surface area contributed by atoms with Gasteiger partial charge in [-0.05, 0) is 61.3 Å². The second kappa shape index (κ2) is 6.94. The lowest BCUT2D eigenvalue weighted by atomic mass is 10.2. The molecule has 2 aromatic rings. The van der Waals surface area contributed by atoms with E-state index in [1.807, 2.05) is 12.1 Å². The number of methoxy groups -OCH3 is 1. The van der Waals surface area contributed by atoms with Crippen LogP contribution in [0.3, 0.4) is 0 Å². The van der Waals surface area contributed by atoms with Gasteiger partial charge < -0.3 is 15.4 Å². The first kappa shape index (κ1) is 15.1. The van der Waals surface area contributed by atoms with E-state index in [-0.39, 0.29) is 11.9 Å². The largest absolute Gasteiger partial charge is 0.497 e. The number of carbonyl (C=O) groups is 1. The Bertz CT molecular complexity index is 630. The van der Waals surface area contributed by atoms with Crippen molar-refractivity contribution in [3.8, 4) is 16.2 Å². The summed E-state index contributed by atoms with van der Waals surface area (Å²) in [6.45, 7) is 1.54. The summed E-state index contributed by atoms with van der Waals surface area (Å²) in [5.41, 5.74) is 1.17. The van der Waals surface area contributed by atoms with Gasteiger partial charge in [-0.15, -0.1) is 11.3 Å². The van der Waals surface area contributed by atoms with E-state index in [0.29, 0.717) is 6.54 Å². The quantitative estimate of drug-likeness (QED) is 0.892. The molecule has 1 atom stereocenters. The Morgan fingerprint density at radius 2 is 2.14 bits per heavy atom. The van der Waals surface area contributed by atoms with Crippen LogP contribution in [-0.2, 0) is 11.3 Å². The molecule has 1 amide bonds. The van der Waals surface area contributed by atoms with Crippen LogP contribution in [0.25, 0.3) is 10.4 Å². The summed E-state index contributed by atoms with van der Waals surface area (Å²) in [6.07, 6.45) is 2.02. The van der Waals surface area contributed by atoms with E-state index >= 15 is 0 Å². The van der Waals surface area contributed by atoms with Gasteiger partial charge in [0.15, 0.2) is 0 Å². The zero-order chi connectivity index (χ0) is 15.4. The third kappa shape index (κ3) is 3.48. The average molecular weight is 316 g/mol. The highest BCUT2D eigenvalue weighted by Gasteiger charge is 2.21. The molecule has 3 rings (SSSR count). The molecular weight excluding hydrogens is 296 g/mol. The first-order chi connectivity index (χ1) is 10.8. The van der Waals surface area contributed by atoms with Crippen molar-refractivity contribution in [1.82, 2.24) is 10.6 Å². The average Bonchev–Trinajstić information content (AvgIpc) is 3.24. The topological polar surface area (TPSA) is 50.4 Å². The molecule has 2 N–H and O–H groups in total. The Morgan fingerprint density at radius 3 is 2.82 bits per heavy atom. The standard InChI is InChI=1S/C17H20N2O2S/c1-21-13-6-4-12(5-7-13)16-9-8-14(22-16)11-19-17(20)15-3-2-10-18-15/h4-9,15,18H,2-3,10-11H2,1H3,(H,19,20)/t15-/m1/s1. The molecule has 1 aliphatic heterocycles. The second-order valence-electron chi connectivity index (χ2n) is 5.36. The Labute approximate surface area is 134 Å². The summed E-state index contributed by atoms with van der Waals surface area (Å²) in [7, 11) is 1.67. The molecule has 1 aromatic carbocycles. The molecule has 1 saturated heterocycles. The van der Waals surface area contributed by atoms with Crippen molar-refractivity contribution in [1.29, 1.82) is 0 Å². The van der Waals surface area contributed by atoms with E-state index < -0.39 is 0 Å². The highest BCUT2D eigenvalue weighted by Crippen LogP contribution is 2.29. The van der Waals surface area contributed by atoms with E-state index in [0.717, 1.165) is 30.0 Å². The van der Waals surface area contributed by atoms with Crippen LogP contribution >= 0.6 is 11.3 Å². The fourth-order valence-corrected chi connectivity index (χ4v) is 3.54. The zero-order valence-electron chi connectivity index (χ0n) is 12.6. The predicted octanol–water partition coefficient (Wildman–Crippen LogP) is 2.79. The SMILES string of the molecule is COc1ccc(-c2ccc(CNC(=O)[C@H]3CCCN3)s2)cc1. The van der Waals surface area contributed by atoms with Gasteiger partial charge in [0.2, 0.25) is 5.91 Å². The number of ether oxygens (including phenoxy) is 1. The molecule has 1 aromatic heterocycles. The van der Waals surface area contributed by atoms with Gasteiger partial charge in [-0.2, -0.15) is 0 Å². The summed E-state index contributed by atoms with van der Waals surface area (Å²) in [5, 5.41) is 6.23. The highest BCUT2D eigenvalue weighted by molar-refractivity contribution is 7.15. The van der Waals surface area contributed by atoms with E-state index in [1.165, 1.54) is 10.4 Å². The summed E-state index contributed by atoms with van der Waals surface area (Å²) >= 11 is 1.71. The molecule has 0 unspecified atom stereocenters. The first-order valence-electron chi connectivity index (χ1n) is 7.50. The second-order valence-corrected chi connectivity index (χ2v) is 6.53. The number of nitrogens with one attached hydrogen (secondary N) is 2. The molecular formula is C17H20N2O2S. The van der Waals surface area contributed by atoms with Gasteiger partial charge in [0.1, 0.15) is 5.75 Å². The Hall–Kier alpha value is -1.85. The molecule has 0 aliphatic carbocycles. The predicted molar refractivity (Wildman–Crippen MR) is 89.2 cm³/mol. The van der Waals surface area contributed by atoms with Gasteiger partial charge in [-0.3, -0.25) is 4.79 Å². The van der Waals surface area contributed by atoms with Crippen LogP contribution in [0.2, 0.25) is 0 Å². The molecule has 0 bridgehead atoms. The third-order valence-electron chi connectivity index (χ3n) is 3.85. The maximum atomic E-state index is 12.0. The van der Waals surface area contributed by atoms with Gasteiger partial charge in [-0.25, -0.2) is 0 Å². The number of rotatable bonds is 5. The van der Waals surface area contributed by atoms with Gasteiger partial charge in [-0.1, -0.05) is 0 Å². The van der Waals surface area contributed by atoms with Crippen LogP contribution in [0.1, 0.15) is 17.7 Å². The Morgan fingerprint density at radius 1 is 1.32 bits per heavy atom. The van der Waals surface area contributed by atoms with Crippen molar-refractivity contribution in [3.63, 3.8) is 0 Å². The van der Waals surface area contributed by atoms with Crippen LogP contribution in [0.5, 0.6) is 5.75 Å².